The first kappa shape index (κ1) is 12.2. The second-order valence-electron chi connectivity index (χ2n) is 3.62. The van der Waals surface area contributed by atoms with Crippen molar-refractivity contribution in [1.82, 2.24) is 0 Å². The highest BCUT2D eigenvalue weighted by Gasteiger charge is 2.16. The van der Waals surface area contributed by atoms with Crippen LogP contribution in [0.15, 0.2) is 36.4 Å². The van der Waals surface area contributed by atoms with E-state index in [-0.39, 0.29) is 16.7 Å². The molecule has 92 valence electrons. The Hall–Kier alpha value is -2.30. The maximum Gasteiger partial charge on any atom is 0.336 e. The summed E-state index contributed by atoms with van der Waals surface area (Å²) >= 11 is 0. The molecule has 0 bridgehead atoms. The van der Waals surface area contributed by atoms with Crippen LogP contribution in [0.3, 0.4) is 0 Å². The number of halogens is 3. The van der Waals surface area contributed by atoms with Crippen molar-refractivity contribution in [3.63, 3.8) is 0 Å². The summed E-state index contributed by atoms with van der Waals surface area (Å²) in [7, 11) is 0. The third-order valence-corrected chi connectivity index (χ3v) is 2.43. The number of rotatable bonds is 2. The minimum atomic E-state index is -1.34. The van der Waals surface area contributed by atoms with Crippen molar-refractivity contribution in [3.05, 3.63) is 59.4 Å². The molecule has 2 aromatic carbocycles. The van der Waals surface area contributed by atoms with Gasteiger partial charge in [-0.15, -0.1) is 0 Å². The monoisotopic (exact) mass is 252 g/mol. The van der Waals surface area contributed by atoms with Crippen LogP contribution < -0.4 is 0 Å². The Labute approximate surface area is 100 Å². The number of carboxylic acid groups (broad SMARTS) is 1. The normalized spacial score (nSPS) is 10.4. The Morgan fingerprint density at radius 2 is 1.44 bits per heavy atom. The second-order valence-corrected chi connectivity index (χ2v) is 3.62. The summed E-state index contributed by atoms with van der Waals surface area (Å²) in [4.78, 5) is 11.0. The van der Waals surface area contributed by atoms with Crippen molar-refractivity contribution in [1.29, 1.82) is 0 Å². The van der Waals surface area contributed by atoms with E-state index in [1.165, 1.54) is 0 Å². The number of carbonyl (C=O) groups is 1. The van der Waals surface area contributed by atoms with Crippen LogP contribution in [0.5, 0.6) is 0 Å². The summed E-state index contributed by atoms with van der Waals surface area (Å²) < 4.78 is 39.7. The highest BCUT2D eigenvalue weighted by Crippen LogP contribution is 2.28. The first-order valence-electron chi connectivity index (χ1n) is 4.97. The zero-order valence-electron chi connectivity index (χ0n) is 8.95. The van der Waals surface area contributed by atoms with E-state index in [9.17, 15) is 18.0 Å². The summed E-state index contributed by atoms with van der Waals surface area (Å²) in [5.74, 6) is -3.61. The zero-order chi connectivity index (χ0) is 13.3. The van der Waals surface area contributed by atoms with Gasteiger partial charge in [-0.1, -0.05) is 0 Å². The van der Waals surface area contributed by atoms with Gasteiger partial charge < -0.3 is 5.11 Å². The molecule has 0 aliphatic rings. The van der Waals surface area contributed by atoms with Gasteiger partial charge in [-0.25, -0.2) is 18.0 Å². The van der Waals surface area contributed by atoms with Crippen molar-refractivity contribution in [2.24, 2.45) is 0 Å². The molecule has 0 heterocycles. The quantitative estimate of drug-likeness (QED) is 0.888. The molecule has 2 nitrogen and oxygen atoms in total. The van der Waals surface area contributed by atoms with Gasteiger partial charge in [-0.05, 0) is 36.4 Å². The fourth-order valence-corrected chi connectivity index (χ4v) is 1.63. The molecule has 0 unspecified atom stereocenters. The molecule has 0 amide bonds. The molecule has 0 spiro atoms. The van der Waals surface area contributed by atoms with Gasteiger partial charge in [0, 0.05) is 11.1 Å². The molecule has 0 saturated carbocycles. The number of benzene rings is 2. The van der Waals surface area contributed by atoms with Gasteiger partial charge in [-0.3, -0.25) is 0 Å². The summed E-state index contributed by atoms with van der Waals surface area (Å²) in [5.41, 5.74) is -0.771. The lowest BCUT2D eigenvalue weighted by molar-refractivity contribution is 0.0697. The summed E-state index contributed by atoms with van der Waals surface area (Å²) in [5, 5.41) is 8.94. The van der Waals surface area contributed by atoms with Crippen molar-refractivity contribution in [2.45, 2.75) is 0 Å². The van der Waals surface area contributed by atoms with Gasteiger partial charge in [0.1, 0.15) is 17.5 Å². The molecule has 0 fully saturated rings. The third kappa shape index (κ3) is 2.20. The van der Waals surface area contributed by atoms with Gasteiger partial charge in [0.25, 0.3) is 0 Å². The van der Waals surface area contributed by atoms with E-state index in [1.54, 1.807) is 0 Å². The molecule has 2 rings (SSSR count). The van der Waals surface area contributed by atoms with Crippen molar-refractivity contribution >= 4 is 5.97 Å². The highest BCUT2D eigenvalue weighted by molar-refractivity contribution is 5.96. The molecule has 0 aliphatic heterocycles. The summed E-state index contributed by atoms with van der Waals surface area (Å²) in [6, 6.07) is 5.42. The fourth-order valence-electron chi connectivity index (χ4n) is 1.63. The standard InChI is InChI=1S/C13H7F3O2/c14-7-1-3-9(13(17)18)10(5-7)11-6-8(15)2-4-12(11)16/h1-6H,(H,17,18). The van der Waals surface area contributed by atoms with E-state index >= 15 is 0 Å². The summed E-state index contributed by atoms with van der Waals surface area (Å²) in [6.45, 7) is 0. The van der Waals surface area contributed by atoms with E-state index in [0.29, 0.717) is 0 Å². The fraction of sp³-hybridized carbons (Fsp3) is 0. The number of hydrogen-bond acceptors (Lipinski definition) is 1. The number of carboxylic acids is 1. The molecule has 2 aromatic rings. The molecule has 5 heteroatoms. The maximum atomic E-state index is 13.5. The molecule has 0 saturated heterocycles. The van der Waals surface area contributed by atoms with Crippen LogP contribution >= 0.6 is 0 Å². The second kappa shape index (κ2) is 4.52. The largest absolute Gasteiger partial charge is 0.478 e. The number of aromatic carboxylic acids is 1. The van der Waals surface area contributed by atoms with Gasteiger partial charge in [0.15, 0.2) is 0 Å². The van der Waals surface area contributed by atoms with Crippen LogP contribution in [0, 0.1) is 17.5 Å². The Balaban J connectivity index is 2.73. The Kier molecular flexibility index (Phi) is 3.06. The van der Waals surface area contributed by atoms with E-state index in [0.717, 1.165) is 36.4 Å². The maximum absolute atomic E-state index is 13.5. The molecular weight excluding hydrogens is 245 g/mol. The van der Waals surface area contributed by atoms with E-state index in [1.807, 2.05) is 0 Å². The van der Waals surface area contributed by atoms with Crippen LogP contribution in [0.1, 0.15) is 10.4 Å². The minimum absolute atomic E-state index is 0.195. The SMILES string of the molecule is O=C(O)c1ccc(F)cc1-c1cc(F)ccc1F. The Morgan fingerprint density at radius 3 is 2.06 bits per heavy atom. The van der Waals surface area contributed by atoms with Crippen LogP contribution in [0.2, 0.25) is 0 Å². The molecule has 0 aromatic heterocycles. The van der Waals surface area contributed by atoms with Crippen LogP contribution in [0.25, 0.3) is 11.1 Å². The van der Waals surface area contributed by atoms with E-state index in [4.69, 9.17) is 5.11 Å². The number of hydrogen-bond donors (Lipinski definition) is 1. The average molecular weight is 252 g/mol. The Bertz CT molecular complexity index is 624. The van der Waals surface area contributed by atoms with Crippen molar-refractivity contribution in [3.8, 4) is 11.1 Å². The highest BCUT2D eigenvalue weighted by atomic mass is 19.1. The van der Waals surface area contributed by atoms with Gasteiger partial charge in [0.2, 0.25) is 0 Å². The predicted molar refractivity (Wildman–Crippen MR) is 58.7 cm³/mol. The van der Waals surface area contributed by atoms with Crippen LogP contribution in [-0.2, 0) is 0 Å². The molecule has 0 atom stereocenters. The lowest BCUT2D eigenvalue weighted by atomic mass is 9.99. The van der Waals surface area contributed by atoms with E-state index < -0.39 is 23.4 Å². The van der Waals surface area contributed by atoms with E-state index in [2.05, 4.69) is 0 Å². The third-order valence-electron chi connectivity index (χ3n) is 2.43. The lowest BCUT2D eigenvalue weighted by Crippen LogP contribution is -2.01. The van der Waals surface area contributed by atoms with Gasteiger partial charge in [-0.2, -0.15) is 0 Å². The summed E-state index contributed by atoms with van der Waals surface area (Å²) in [6.07, 6.45) is 0. The van der Waals surface area contributed by atoms with Crippen LogP contribution in [0.4, 0.5) is 13.2 Å². The van der Waals surface area contributed by atoms with Gasteiger partial charge in [0.05, 0.1) is 5.56 Å². The first-order chi connectivity index (χ1) is 8.49. The minimum Gasteiger partial charge on any atom is -0.478 e. The lowest BCUT2D eigenvalue weighted by Gasteiger charge is -2.07. The first-order valence-corrected chi connectivity index (χ1v) is 4.97. The van der Waals surface area contributed by atoms with Crippen LogP contribution in [-0.4, -0.2) is 11.1 Å². The molecule has 1 N–H and O–H groups in total. The molecular formula is C13H7F3O2. The smallest absolute Gasteiger partial charge is 0.336 e. The molecule has 18 heavy (non-hydrogen) atoms. The molecule has 0 aliphatic carbocycles. The zero-order valence-corrected chi connectivity index (χ0v) is 8.95. The average Bonchev–Trinajstić information content (AvgIpc) is 2.31. The molecule has 0 radical (unpaired) electrons. The Morgan fingerprint density at radius 1 is 0.889 bits per heavy atom. The van der Waals surface area contributed by atoms with Crippen molar-refractivity contribution in [2.75, 3.05) is 0 Å². The topological polar surface area (TPSA) is 37.3 Å². The predicted octanol–water partition coefficient (Wildman–Crippen LogP) is 3.47. The van der Waals surface area contributed by atoms with Gasteiger partial charge >= 0.3 is 5.97 Å². The van der Waals surface area contributed by atoms with Crippen molar-refractivity contribution < 1.29 is 23.1 Å².